The maximum absolute atomic E-state index is 12.8. The van der Waals surface area contributed by atoms with Crippen molar-refractivity contribution in [2.75, 3.05) is 13.1 Å². The van der Waals surface area contributed by atoms with Crippen LogP contribution in [0.5, 0.6) is 0 Å². The molecule has 0 aromatic heterocycles. The molecule has 0 atom stereocenters. The summed E-state index contributed by atoms with van der Waals surface area (Å²) in [4.78, 5) is 12.8. The summed E-state index contributed by atoms with van der Waals surface area (Å²) < 4.78 is 6.66. The van der Waals surface area contributed by atoms with Gasteiger partial charge in [-0.15, -0.1) is 0 Å². The predicted molar refractivity (Wildman–Crippen MR) is 94.8 cm³/mol. The molecular weight excluding hydrogens is 378 g/mol. The van der Waals surface area contributed by atoms with Gasteiger partial charge in [-0.05, 0) is 46.7 Å². The molecule has 1 saturated heterocycles. The molecule has 1 fully saturated rings. The highest BCUT2D eigenvalue weighted by Crippen LogP contribution is 2.37. The van der Waals surface area contributed by atoms with Crippen LogP contribution in [0.15, 0.2) is 53.0 Å². The van der Waals surface area contributed by atoms with Crippen LogP contribution in [-0.2, 0) is 10.3 Å². The van der Waals surface area contributed by atoms with Crippen LogP contribution < -0.4 is 5.32 Å². The molecule has 1 aliphatic rings. The third kappa shape index (κ3) is 3.44. The number of carbonyl (C=O) groups is 1. The molecule has 1 N–H and O–H groups in total. The zero-order valence-electron chi connectivity index (χ0n) is 12.5. The van der Waals surface area contributed by atoms with Crippen molar-refractivity contribution in [3.05, 3.63) is 69.2 Å². The molecule has 0 aliphatic carbocycles. The van der Waals surface area contributed by atoms with E-state index < -0.39 is 11.6 Å². The lowest BCUT2D eigenvalue weighted by atomic mass is 9.84. The topological polar surface area (TPSA) is 38.3 Å². The van der Waals surface area contributed by atoms with E-state index in [1.807, 2.05) is 30.3 Å². The molecule has 1 aliphatic heterocycles. The monoisotopic (exact) mass is 393 g/mol. The van der Waals surface area contributed by atoms with Gasteiger partial charge in [0.15, 0.2) is 0 Å². The van der Waals surface area contributed by atoms with Crippen molar-refractivity contribution in [3.8, 4) is 0 Å². The number of hydrogen-bond acceptors (Lipinski definition) is 3. The molecule has 0 spiro atoms. The molecule has 23 heavy (non-hydrogen) atoms. The van der Waals surface area contributed by atoms with Crippen LogP contribution in [0.2, 0.25) is 5.02 Å². The van der Waals surface area contributed by atoms with Crippen LogP contribution in [0.4, 0.5) is 0 Å². The van der Waals surface area contributed by atoms with E-state index in [0.29, 0.717) is 15.1 Å². The van der Waals surface area contributed by atoms with Gasteiger partial charge in [-0.2, -0.15) is 0 Å². The predicted octanol–water partition coefficient (Wildman–Crippen LogP) is 4.54. The van der Waals surface area contributed by atoms with Crippen molar-refractivity contribution in [2.24, 2.45) is 0 Å². The summed E-state index contributed by atoms with van der Waals surface area (Å²) in [6, 6.07) is 15.2. The number of rotatable bonds is 3. The maximum atomic E-state index is 12.8. The lowest BCUT2D eigenvalue weighted by Crippen LogP contribution is -2.43. The lowest BCUT2D eigenvalue weighted by Gasteiger charge is -2.37. The number of halogens is 2. The summed E-state index contributed by atoms with van der Waals surface area (Å²) in [5.41, 5.74) is 0.795. The molecular formula is C18H17BrClNO2. The number of nitrogens with one attached hydrogen (secondary N) is 1. The Balaban J connectivity index is 1.95. The van der Waals surface area contributed by atoms with Crippen molar-refractivity contribution < 1.29 is 9.53 Å². The van der Waals surface area contributed by atoms with Crippen LogP contribution in [-0.4, -0.2) is 19.1 Å². The summed E-state index contributed by atoms with van der Waals surface area (Å²) >= 11 is 9.58. The van der Waals surface area contributed by atoms with Crippen molar-refractivity contribution in [1.82, 2.24) is 5.32 Å². The third-order valence-electron chi connectivity index (χ3n) is 4.17. The molecule has 0 saturated carbocycles. The van der Waals surface area contributed by atoms with Gasteiger partial charge in [0.25, 0.3) is 0 Å². The Labute approximate surface area is 149 Å². The first-order valence-electron chi connectivity index (χ1n) is 7.56. The first kappa shape index (κ1) is 16.5. The summed E-state index contributed by atoms with van der Waals surface area (Å²) in [7, 11) is 0. The summed E-state index contributed by atoms with van der Waals surface area (Å²) in [6.07, 6.45) is 1.48. The highest BCUT2D eigenvalue weighted by Gasteiger charge is 2.38. The molecule has 3 nitrogen and oxygen atoms in total. The van der Waals surface area contributed by atoms with Gasteiger partial charge in [0.2, 0.25) is 0 Å². The Bertz CT molecular complexity index is 679. The van der Waals surface area contributed by atoms with Gasteiger partial charge in [0.1, 0.15) is 5.60 Å². The van der Waals surface area contributed by atoms with Gasteiger partial charge < -0.3 is 10.1 Å². The summed E-state index contributed by atoms with van der Waals surface area (Å²) in [5.74, 6) is -0.395. The Morgan fingerprint density at radius 3 is 2.43 bits per heavy atom. The Kier molecular flexibility index (Phi) is 5.05. The Morgan fingerprint density at radius 1 is 1.09 bits per heavy atom. The van der Waals surface area contributed by atoms with Crippen molar-refractivity contribution in [3.63, 3.8) is 0 Å². The highest BCUT2D eigenvalue weighted by atomic mass is 79.9. The molecule has 5 heteroatoms. The van der Waals surface area contributed by atoms with E-state index >= 15 is 0 Å². The quantitative estimate of drug-likeness (QED) is 0.777. The number of esters is 1. The number of piperidine rings is 1. The summed E-state index contributed by atoms with van der Waals surface area (Å²) in [6.45, 7) is 1.62. The van der Waals surface area contributed by atoms with Crippen LogP contribution >= 0.6 is 27.5 Å². The van der Waals surface area contributed by atoms with Crippen LogP contribution in [0, 0.1) is 0 Å². The average Bonchev–Trinajstić information content (AvgIpc) is 2.56. The molecule has 0 amide bonds. The number of benzene rings is 2. The molecule has 120 valence electrons. The Morgan fingerprint density at radius 2 is 1.78 bits per heavy atom. The fraction of sp³-hybridized carbons (Fsp3) is 0.278. The minimum absolute atomic E-state index is 0.378. The zero-order chi connectivity index (χ0) is 16.3. The number of hydrogen-bond donors (Lipinski definition) is 1. The molecule has 0 radical (unpaired) electrons. The van der Waals surface area contributed by atoms with E-state index in [1.165, 1.54) is 0 Å². The minimum atomic E-state index is -0.609. The largest absolute Gasteiger partial charge is 0.450 e. The second-order valence-electron chi connectivity index (χ2n) is 5.60. The van der Waals surface area contributed by atoms with Crippen molar-refractivity contribution in [2.45, 2.75) is 18.4 Å². The molecule has 2 aromatic carbocycles. The molecule has 0 bridgehead atoms. The van der Waals surface area contributed by atoms with Gasteiger partial charge in [-0.25, -0.2) is 4.79 Å². The third-order valence-corrected chi connectivity index (χ3v) is 5.14. The van der Waals surface area contributed by atoms with Crippen molar-refractivity contribution >= 4 is 33.5 Å². The second kappa shape index (κ2) is 7.04. The van der Waals surface area contributed by atoms with Crippen LogP contribution in [0.1, 0.15) is 28.8 Å². The second-order valence-corrected chi connectivity index (χ2v) is 6.86. The lowest BCUT2D eigenvalue weighted by molar-refractivity contribution is -0.0379. The average molecular weight is 395 g/mol. The van der Waals surface area contributed by atoms with Crippen molar-refractivity contribution in [1.29, 1.82) is 0 Å². The van der Waals surface area contributed by atoms with Gasteiger partial charge >= 0.3 is 5.97 Å². The van der Waals surface area contributed by atoms with Crippen LogP contribution in [0.3, 0.4) is 0 Å². The molecule has 3 rings (SSSR count). The van der Waals surface area contributed by atoms with Gasteiger partial charge in [-0.3, -0.25) is 0 Å². The smallest absolute Gasteiger partial charge is 0.341 e. The number of ether oxygens (including phenoxy) is 1. The molecule has 2 aromatic rings. The van der Waals surface area contributed by atoms with E-state index in [2.05, 4.69) is 21.2 Å². The van der Waals surface area contributed by atoms with E-state index in [4.69, 9.17) is 16.3 Å². The minimum Gasteiger partial charge on any atom is -0.450 e. The standard InChI is InChI=1S/C18H17BrClNO2/c19-14-7-4-8-15(20)16(14)17(22)23-18(9-11-21-12-10-18)13-5-2-1-3-6-13/h1-8,21H,9-12H2. The first-order chi connectivity index (χ1) is 11.1. The fourth-order valence-electron chi connectivity index (χ4n) is 2.94. The molecule has 1 heterocycles. The fourth-order valence-corrected chi connectivity index (χ4v) is 3.84. The van der Waals surface area contributed by atoms with E-state index in [1.54, 1.807) is 18.2 Å². The van der Waals surface area contributed by atoms with E-state index in [-0.39, 0.29) is 0 Å². The maximum Gasteiger partial charge on any atom is 0.341 e. The highest BCUT2D eigenvalue weighted by molar-refractivity contribution is 9.10. The SMILES string of the molecule is O=C(OC1(c2ccccc2)CCNCC1)c1c(Cl)cccc1Br. The van der Waals surface area contributed by atoms with Gasteiger partial charge in [-0.1, -0.05) is 48.0 Å². The zero-order valence-corrected chi connectivity index (χ0v) is 14.9. The van der Waals surface area contributed by atoms with E-state index in [0.717, 1.165) is 31.5 Å². The summed E-state index contributed by atoms with van der Waals surface area (Å²) in [5, 5.41) is 3.71. The normalized spacial score (nSPS) is 16.8. The first-order valence-corrected chi connectivity index (χ1v) is 8.73. The van der Waals surface area contributed by atoms with E-state index in [9.17, 15) is 4.79 Å². The Hall–Kier alpha value is -1.36. The number of carbonyl (C=O) groups excluding carboxylic acids is 1. The molecule has 0 unspecified atom stereocenters. The van der Waals surface area contributed by atoms with Gasteiger partial charge in [0.05, 0.1) is 10.6 Å². The van der Waals surface area contributed by atoms with Crippen LogP contribution in [0.25, 0.3) is 0 Å². The van der Waals surface area contributed by atoms with Gasteiger partial charge in [0, 0.05) is 17.3 Å².